The molecule has 25 heavy (non-hydrogen) atoms. The van der Waals surface area contributed by atoms with Gasteiger partial charge in [0.2, 0.25) is 5.91 Å². The zero-order valence-electron chi connectivity index (χ0n) is 15.5. The number of hydrogen-bond acceptors (Lipinski definition) is 1. The molecule has 0 radical (unpaired) electrons. The summed E-state index contributed by atoms with van der Waals surface area (Å²) in [6.45, 7) is 7.41. The number of H-pyrrole nitrogens is 1. The van der Waals surface area contributed by atoms with Crippen molar-refractivity contribution in [3.63, 3.8) is 0 Å². The summed E-state index contributed by atoms with van der Waals surface area (Å²) < 4.78 is 1.09. The lowest BCUT2D eigenvalue weighted by atomic mass is 9.84. The minimum Gasteiger partial charge on any atom is -0.361 e. The van der Waals surface area contributed by atoms with E-state index in [9.17, 15) is 4.79 Å². The van der Waals surface area contributed by atoms with Crippen molar-refractivity contribution in [1.29, 1.82) is 0 Å². The first kappa shape index (κ1) is 18.5. The summed E-state index contributed by atoms with van der Waals surface area (Å²) in [5, 5.41) is 1.21. The van der Waals surface area contributed by atoms with Crippen molar-refractivity contribution in [2.24, 2.45) is 5.92 Å². The number of aromatic nitrogens is 1. The molecule has 1 N–H and O–H groups in total. The van der Waals surface area contributed by atoms with Crippen LogP contribution in [0.15, 0.2) is 28.9 Å². The Labute approximate surface area is 159 Å². The molecule has 1 heterocycles. The van der Waals surface area contributed by atoms with Gasteiger partial charge < -0.3 is 9.88 Å². The quantitative estimate of drug-likeness (QED) is 0.665. The topological polar surface area (TPSA) is 36.1 Å². The van der Waals surface area contributed by atoms with Crippen LogP contribution in [-0.4, -0.2) is 28.4 Å². The lowest BCUT2D eigenvalue weighted by Gasteiger charge is -2.38. The molecule has 3 nitrogen and oxygen atoms in total. The van der Waals surface area contributed by atoms with Crippen molar-refractivity contribution in [2.45, 2.75) is 64.8 Å². The van der Waals surface area contributed by atoms with Gasteiger partial charge >= 0.3 is 0 Å². The standard InChI is InChI=1S/C21H29BrN2O/c1-4-24(19-11-6-5-8-14(19)2)20(25)12-15(3)16-13-23-18-10-7-9-17(22)21(16)18/h7,9-10,13-15,19,23H,4-6,8,11-12H2,1-3H3. The van der Waals surface area contributed by atoms with Crippen LogP contribution >= 0.6 is 15.9 Å². The van der Waals surface area contributed by atoms with Crippen molar-refractivity contribution >= 4 is 32.7 Å². The number of benzene rings is 1. The minimum absolute atomic E-state index is 0.202. The van der Waals surface area contributed by atoms with Crippen LogP contribution in [0.25, 0.3) is 10.9 Å². The first-order valence-corrected chi connectivity index (χ1v) is 10.4. The molecule has 0 bridgehead atoms. The molecule has 1 aromatic heterocycles. The Morgan fingerprint density at radius 1 is 1.36 bits per heavy atom. The van der Waals surface area contributed by atoms with Crippen LogP contribution in [0.4, 0.5) is 0 Å². The Bertz CT molecular complexity index is 739. The van der Waals surface area contributed by atoms with Crippen LogP contribution in [0.3, 0.4) is 0 Å². The normalized spacial score (nSPS) is 22.1. The van der Waals surface area contributed by atoms with Gasteiger partial charge in [-0.15, -0.1) is 0 Å². The van der Waals surface area contributed by atoms with Gasteiger partial charge in [-0.1, -0.05) is 48.7 Å². The second-order valence-corrected chi connectivity index (χ2v) is 8.37. The number of amides is 1. The highest BCUT2D eigenvalue weighted by atomic mass is 79.9. The van der Waals surface area contributed by atoms with E-state index in [0.29, 0.717) is 24.3 Å². The maximum atomic E-state index is 13.0. The molecule has 1 amide bonds. The van der Waals surface area contributed by atoms with E-state index < -0.39 is 0 Å². The van der Waals surface area contributed by atoms with Crippen LogP contribution in [0.2, 0.25) is 0 Å². The molecule has 1 aliphatic carbocycles. The fourth-order valence-electron chi connectivity index (χ4n) is 4.40. The number of fused-ring (bicyclic) bond motifs is 1. The first-order chi connectivity index (χ1) is 12.0. The number of aromatic amines is 1. The molecule has 4 heteroatoms. The highest BCUT2D eigenvalue weighted by Crippen LogP contribution is 2.34. The van der Waals surface area contributed by atoms with Crippen LogP contribution in [-0.2, 0) is 4.79 Å². The summed E-state index contributed by atoms with van der Waals surface area (Å²) in [7, 11) is 0. The largest absolute Gasteiger partial charge is 0.361 e. The Morgan fingerprint density at radius 3 is 2.84 bits per heavy atom. The summed E-state index contributed by atoms with van der Waals surface area (Å²) in [5.74, 6) is 1.12. The van der Waals surface area contributed by atoms with Crippen molar-refractivity contribution in [3.8, 4) is 0 Å². The SMILES string of the molecule is CCN(C(=O)CC(C)c1c[nH]c2cccc(Br)c12)C1CCCCC1C. The zero-order valence-corrected chi connectivity index (χ0v) is 17.1. The molecule has 2 aromatic rings. The summed E-state index contributed by atoms with van der Waals surface area (Å²) in [5.41, 5.74) is 2.35. The van der Waals surface area contributed by atoms with Gasteiger partial charge in [0.25, 0.3) is 0 Å². The van der Waals surface area contributed by atoms with Gasteiger partial charge in [0.15, 0.2) is 0 Å². The van der Waals surface area contributed by atoms with Crippen molar-refractivity contribution in [2.75, 3.05) is 6.54 Å². The highest BCUT2D eigenvalue weighted by Gasteiger charge is 2.30. The molecular formula is C21H29BrN2O. The third kappa shape index (κ3) is 3.79. The summed E-state index contributed by atoms with van der Waals surface area (Å²) >= 11 is 3.66. The van der Waals surface area contributed by atoms with E-state index in [1.165, 1.54) is 30.2 Å². The average Bonchev–Trinajstić information content (AvgIpc) is 3.03. The number of halogens is 1. The number of rotatable bonds is 5. The van der Waals surface area contributed by atoms with Gasteiger partial charge in [0.05, 0.1) is 0 Å². The van der Waals surface area contributed by atoms with Gasteiger partial charge in [-0.25, -0.2) is 0 Å². The summed E-state index contributed by atoms with van der Waals surface area (Å²) in [6.07, 6.45) is 7.61. The van der Waals surface area contributed by atoms with Crippen LogP contribution in [0.1, 0.15) is 64.4 Å². The smallest absolute Gasteiger partial charge is 0.223 e. The molecule has 0 spiro atoms. The van der Waals surface area contributed by atoms with Crippen LogP contribution < -0.4 is 0 Å². The predicted molar refractivity (Wildman–Crippen MR) is 108 cm³/mol. The number of carbonyl (C=O) groups excluding carboxylic acids is 1. The van der Waals surface area contributed by atoms with Crippen LogP contribution in [0, 0.1) is 5.92 Å². The predicted octanol–water partition coefficient (Wildman–Crippen LogP) is 5.85. The Hall–Kier alpha value is -1.29. The molecular weight excluding hydrogens is 376 g/mol. The van der Waals surface area contributed by atoms with Gasteiger partial charge in [0, 0.05) is 40.6 Å². The van der Waals surface area contributed by atoms with Crippen molar-refractivity contribution in [1.82, 2.24) is 9.88 Å². The molecule has 3 atom stereocenters. The lowest BCUT2D eigenvalue weighted by molar-refractivity contribution is -0.135. The van der Waals surface area contributed by atoms with Gasteiger partial charge in [-0.3, -0.25) is 4.79 Å². The van der Waals surface area contributed by atoms with Crippen molar-refractivity contribution in [3.05, 3.63) is 34.4 Å². The van der Waals surface area contributed by atoms with Crippen LogP contribution in [0.5, 0.6) is 0 Å². The fraction of sp³-hybridized carbons (Fsp3) is 0.571. The second-order valence-electron chi connectivity index (χ2n) is 7.52. The summed E-state index contributed by atoms with van der Waals surface area (Å²) in [4.78, 5) is 18.5. The Kier molecular flexibility index (Phi) is 5.88. The Balaban J connectivity index is 1.76. The van der Waals surface area contributed by atoms with E-state index in [0.717, 1.165) is 23.0 Å². The highest BCUT2D eigenvalue weighted by molar-refractivity contribution is 9.10. The maximum absolute atomic E-state index is 13.0. The molecule has 1 aromatic carbocycles. The monoisotopic (exact) mass is 404 g/mol. The third-order valence-corrected chi connectivity index (χ3v) is 6.49. The molecule has 1 saturated carbocycles. The average molecular weight is 405 g/mol. The summed E-state index contributed by atoms with van der Waals surface area (Å²) in [6, 6.07) is 6.61. The lowest BCUT2D eigenvalue weighted by Crippen LogP contribution is -2.45. The number of nitrogens with one attached hydrogen (secondary N) is 1. The Morgan fingerprint density at radius 2 is 2.12 bits per heavy atom. The van der Waals surface area contributed by atoms with Gasteiger partial charge in [-0.05, 0) is 49.3 Å². The van der Waals surface area contributed by atoms with Gasteiger partial charge in [0.1, 0.15) is 0 Å². The van der Waals surface area contributed by atoms with E-state index >= 15 is 0 Å². The molecule has 0 saturated heterocycles. The molecule has 3 unspecified atom stereocenters. The van der Waals surface area contributed by atoms with Crippen molar-refractivity contribution < 1.29 is 4.79 Å². The zero-order chi connectivity index (χ0) is 18.0. The van der Waals surface area contributed by atoms with E-state index in [2.05, 4.69) is 64.9 Å². The van der Waals surface area contributed by atoms with Gasteiger partial charge in [-0.2, -0.15) is 0 Å². The number of nitrogens with zero attached hydrogens (tertiary/aromatic N) is 1. The molecule has 1 aliphatic rings. The van der Waals surface area contributed by atoms with E-state index in [1.807, 2.05) is 6.07 Å². The van der Waals surface area contributed by atoms with E-state index in [4.69, 9.17) is 0 Å². The van der Waals surface area contributed by atoms with E-state index in [1.54, 1.807) is 0 Å². The first-order valence-electron chi connectivity index (χ1n) is 9.57. The van der Waals surface area contributed by atoms with E-state index in [-0.39, 0.29) is 5.92 Å². The molecule has 3 rings (SSSR count). The fourth-order valence-corrected chi connectivity index (χ4v) is 4.99. The number of hydrogen-bond donors (Lipinski definition) is 1. The minimum atomic E-state index is 0.202. The number of carbonyl (C=O) groups is 1. The molecule has 0 aliphatic heterocycles. The molecule has 1 fully saturated rings. The third-order valence-electron chi connectivity index (χ3n) is 5.82. The second kappa shape index (κ2) is 7.94. The maximum Gasteiger partial charge on any atom is 0.223 e. The molecule has 136 valence electrons.